The van der Waals surface area contributed by atoms with Gasteiger partial charge in [-0.15, -0.1) is 190 Å². The number of hydrogen-bond donors (Lipinski definition) is 2. The monoisotopic (exact) mass is 2500 g/mol. The molecule has 18 heteroatoms. The Labute approximate surface area is 842 Å². The van der Waals surface area contributed by atoms with E-state index in [4.69, 9.17) is 18.4 Å². The van der Waals surface area contributed by atoms with Gasteiger partial charge in [-0.25, -0.2) is 0 Å². The Hall–Kier alpha value is -11.5. The van der Waals surface area contributed by atoms with Gasteiger partial charge in [-0.2, -0.15) is 0 Å². The summed E-state index contributed by atoms with van der Waals surface area (Å²) in [6, 6.07) is 110. The van der Waals surface area contributed by atoms with Gasteiger partial charge in [0.15, 0.2) is 11.6 Å². The molecular formula is C115H110Ir4N5O7SSi-5. The summed E-state index contributed by atoms with van der Waals surface area (Å²) in [7, 11) is -1.34. The normalized spacial score (nSPS) is 11.0. The van der Waals surface area contributed by atoms with E-state index in [0.717, 1.165) is 161 Å². The van der Waals surface area contributed by atoms with Crippen molar-refractivity contribution in [3.63, 3.8) is 0 Å². The average Bonchev–Trinajstić information content (AvgIpc) is 1.80. The van der Waals surface area contributed by atoms with Crippen molar-refractivity contribution in [2.24, 2.45) is 17.8 Å². The molecule has 9 aromatic heterocycles. The van der Waals surface area contributed by atoms with Crippen LogP contribution in [0, 0.1) is 68.9 Å². The zero-order chi connectivity index (χ0) is 91.4. The molecule has 0 aliphatic carbocycles. The van der Waals surface area contributed by atoms with E-state index < -0.39 is 8.07 Å². The van der Waals surface area contributed by atoms with Gasteiger partial charge >= 0.3 is 0 Å². The van der Waals surface area contributed by atoms with Crippen LogP contribution >= 0.6 is 11.3 Å². The van der Waals surface area contributed by atoms with Gasteiger partial charge in [-0.3, -0.25) is 9.59 Å². The van der Waals surface area contributed by atoms with Crippen molar-refractivity contribution in [2.45, 2.75) is 128 Å². The van der Waals surface area contributed by atoms with E-state index in [0.29, 0.717) is 5.92 Å². The maximum Gasteiger partial charge on any atom is 0.162 e. The molecule has 0 fully saturated rings. The average molecular weight is 2500 g/mol. The number of nitrogens with zero attached hydrogens (tertiary/aromatic N) is 5. The molecule has 9 heterocycles. The Morgan fingerprint density at radius 2 is 0.789 bits per heavy atom. The summed E-state index contributed by atoms with van der Waals surface area (Å²) in [5, 5.41) is 23.9. The van der Waals surface area contributed by atoms with E-state index in [1.54, 1.807) is 11.3 Å². The number of aliphatic hydroxyl groups is 2. The molecule has 688 valence electrons. The van der Waals surface area contributed by atoms with Crippen molar-refractivity contribution in [1.29, 1.82) is 0 Å². The molecule has 18 aromatic rings. The largest absolute Gasteiger partial charge is 0.512 e. The number of furan rings is 3. The Kier molecular flexibility index (Phi) is 42.5. The van der Waals surface area contributed by atoms with Crippen LogP contribution in [0.2, 0.25) is 19.6 Å². The second kappa shape index (κ2) is 52.8. The van der Waals surface area contributed by atoms with Crippen molar-refractivity contribution in [2.75, 3.05) is 0 Å². The van der Waals surface area contributed by atoms with Crippen molar-refractivity contribution < 1.29 is 113 Å². The molecule has 2 N–H and O–H groups in total. The fraction of sp³-hybridized carbons (Fsp3) is 0.191. The quantitative estimate of drug-likeness (QED) is 0.0320. The molecule has 9 aromatic carbocycles. The fourth-order valence-electron chi connectivity index (χ4n) is 14.7. The third kappa shape index (κ3) is 31.1. The van der Waals surface area contributed by atoms with Crippen molar-refractivity contribution in [3.8, 4) is 101 Å². The van der Waals surface area contributed by atoms with Crippen LogP contribution < -0.4 is 5.19 Å². The number of fused-ring (bicyclic) bond motifs is 4. The molecule has 0 unspecified atom stereocenters. The van der Waals surface area contributed by atoms with E-state index >= 15 is 0 Å². The number of allylic oxidation sites excluding steroid dienone is 4. The number of aromatic nitrogens is 5. The number of pyridine rings is 5. The van der Waals surface area contributed by atoms with E-state index in [-0.39, 0.29) is 115 Å². The van der Waals surface area contributed by atoms with Crippen LogP contribution in [0.1, 0.15) is 103 Å². The molecule has 4 radical (unpaired) electrons. The fourth-order valence-corrected chi connectivity index (χ4v) is 17.3. The van der Waals surface area contributed by atoms with Gasteiger partial charge in [0.25, 0.3) is 0 Å². The number of thiophene rings is 1. The van der Waals surface area contributed by atoms with Crippen molar-refractivity contribution in [1.82, 2.24) is 24.9 Å². The minimum Gasteiger partial charge on any atom is -0.512 e. The number of carbonyl (C=O) groups excluding carboxylic acids is 2. The summed E-state index contributed by atoms with van der Waals surface area (Å²) in [6.45, 7) is 28.9. The molecule has 0 atom stereocenters. The molecule has 0 aliphatic rings. The van der Waals surface area contributed by atoms with E-state index in [9.17, 15) is 14.7 Å². The number of ketones is 2. The SMILES string of the molecule is CC(=O)C=C(C)O.CC(C)Cc1cc(-c2[c-]cccc2)ncc1[Si](C)(C)C.CCC(CC)C(=O)C=C(O)C(CC)CC.Cc1[c-]c(-c2cc3oc(-c4ccc(C)cc4)cc3cn2)cc(C)c1.[Ir].[Ir].[Ir].[Ir].[c-]1ccccc1-c1cc2cc(-c3ccccc3)sc2cn1.[c-]1ccccc1-c1cc2oc(-c3ccccc3)cc2cn1.[c-]1ccccc1-c1cc2oc(-c3ccccc3)cc2cn1. The number of rotatable bonds is 20. The summed E-state index contributed by atoms with van der Waals surface area (Å²) in [5.74, 6) is 3.75. The van der Waals surface area contributed by atoms with Gasteiger partial charge in [0.2, 0.25) is 0 Å². The number of aryl methyl sites for hydroxylation is 3. The molecule has 0 saturated carbocycles. The summed E-state index contributed by atoms with van der Waals surface area (Å²) in [6.07, 6.45) is 16.8. The van der Waals surface area contributed by atoms with Gasteiger partial charge in [0.1, 0.15) is 34.0 Å². The molecule has 0 bridgehead atoms. The second-order valence-electron chi connectivity index (χ2n) is 33.2. The van der Waals surface area contributed by atoms with Gasteiger partial charge < -0.3 is 48.4 Å². The van der Waals surface area contributed by atoms with Gasteiger partial charge in [0, 0.05) is 173 Å². The molecule has 18 rings (SSSR count). The minimum atomic E-state index is -1.34. The molecule has 0 spiro atoms. The molecule has 0 aliphatic heterocycles. The zero-order valence-corrected chi connectivity index (χ0v) is 88.7. The number of carbonyl (C=O) groups is 2. The van der Waals surface area contributed by atoms with Crippen LogP contribution in [-0.4, -0.2) is 54.8 Å². The third-order valence-corrected chi connectivity index (χ3v) is 24.6. The Bertz CT molecular complexity index is 6220. The van der Waals surface area contributed by atoms with Crippen LogP contribution in [-0.2, 0) is 96.4 Å². The van der Waals surface area contributed by atoms with Crippen LogP contribution in [0.3, 0.4) is 0 Å². The first-order chi connectivity index (χ1) is 62.4. The number of aliphatic hydroxyl groups excluding tert-OH is 2. The first-order valence-electron chi connectivity index (χ1n) is 43.9. The van der Waals surface area contributed by atoms with E-state index in [2.05, 4.69) is 201 Å². The molecule has 0 saturated heterocycles. The standard InChI is InChI=1S/C22H18NO.2C19H12NO.C19H12NS.C18H24NSi.C13H24O2.C5H8O2.4Ir/c1-14-4-6-17(7-5-14)21-11-19-13-23-20(12-22(19)24-21)18-9-15(2)8-16(3)10-18;2*1-3-7-14(8-4-1)17-12-19-16(13-20-17)11-18(21-19)15-9-5-2-6-10-15;1-3-7-14(8-4-1)17-11-16-12-18(21-19(16)13-20-17)15-9-5-2-6-10-15;1-14(2)11-16-12-17(15-9-7-6-8-10-15)19-13-18(16)20(3,4)5;1-5-10(6-2)12(14)9-13(15)11(7-3)8-4;1-4(6)3-5(2)7;;;;/h4-9,11-13H,1-3H3;3*1-7,9-13H;6-9,12-14H,11H2,1-5H3;9-11,14H,5-8H2,1-4H3;3,6H,1-2H3;;;;/q5*-1;;;;;;. The Morgan fingerprint density at radius 1 is 0.406 bits per heavy atom. The topological polar surface area (TPSA) is 178 Å². The summed E-state index contributed by atoms with van der Waals surface area (Å²) >= 11 is 1.78. The maximum absolute atomic E-state index is 11.7. The predicted molar refractivity (Wildman–Crippen MR) is 536 cm³/mol. The van der Waals surface area contributed by atoms with Crippen LogP contribution in [0.4, 0.5) is 0 Å². The van der Waals surface area contributed by atoms with Crippen molar-refractivity contribution >= 4 is 79.2 Å². The van der Waals surface area contributed by atoms with Gasteiger partial charge in [-0.05, 0) is 146 Å². The van der Waals surface area contributed by atoms with Gasteiger partial charge in [-0.1, -0.05) is 214 Å². The van der Waals surface area contributed by atoms with Crippen LogP contribution in [0.25, 0.3) is 144 Å². The van der Waals surface area contributed by atoms with Gasteiger partial charge in [0.05, 0.1) is 24.3 Å². The first kappa shape index (κ1) is 107. The Balaban J connectivity index is 0.000000193. The van der Waals surface area contributed by atoms with Crippen LogP contribution in [0.5, 0.6) is 0 Å². The summed E-state index contributed by atoms with van der Waals surface area (Å²) < 4.78 is 19.2. The zero-order valence-electron chi connectivity index (χ0n) is 77.3. The van der Waals surface area contributed by atoms with Crippen molar-refractivity contribution in [3.05, 3.63) is 386 Å². The molecule has 0 amide bonds. The minimum absolute atomic E-state index is 0. The molecule has 12 nitrogen and oxygen atoms in total. The smallest absolute Gasteiger partial charge is 0.162 e. The van der Waals surface area contributed by atoms with E-state index in [1.165, 1.54) is 68.4 Å². The Morgan fingerprint density at radius 3 is 1.17 bits per heavy atom. The molecule has 133 heavy (non-hydrogen) atoms. The first-order valence-corrected chi connectivity index (χ1v) is 48.2. The number of hydrogen-bond acceptors (Lipinski definition) is 13. The summed E-state index contributed by atoms with van der Waals surface area (Å²) in [4.78, 5) is 45.8. The van der Waals surface area contributed by atoms with Crippen LogP contribution in [0.15, 0.2) is 347 Å². The third-order valence-electron chi connectivity index (χ3n) is 21.4. The summed E-state index contributed by atoms with van der Waals surface area (Å²) in [5.41, 5.74) is 21.8. The van der Waals surface area contributed by atoms with E-state index in [1.807, 2.05) is 247 Å². The predicted octanol–water partition coefficient (Wildman–Crippen LogP) is 30.4. The second-order valence-corrected chi connectivity index (χ2v) is 39.3. The maximum atomic E-state index is 11.7. The number of benzene rings is 9. The molecular weight excluding hydrogens is 2390 g/mol.